The zero-order chi connectivity index (χ0) is 8.97. The molecular formula is C9H8N2O. The van der Waals surface area contributed by atoms with Crippen LogP contribution in [0.25, 0.3) is 0 Å². The Bertz CT molecular complexity index is 313. The van der Waals surface area contributed by atoms with Gasteiger partial charge in [0.1, 0.15) is 5.92 Å². The first kappa shape index (κ1) is 8.41. The zero-order valence-electron chi connectivity index (χ0n) is 6.69. The van der Waals surface area contributed by atoms with Crippen molar-refractivity contribution >= 4 is 5.78 Å². The summed E-state index contributed by atoms with van der Waals surface area (Å²) in [6.07, 6.45) is 3.15. The van der Waals surface area contributed by atoms with E-state index < -0.39 is 5.92 Å². The molecule has 60 valence electrons. The van der Waals surface area contributed by atoms with E-state index >= 15 is 0 Å². The van der Waals surface area contributed by atoms with Crippen LogP contribution in [0, 0.1) is 11.3 Å². The van der Waals surface area contributed by atoms with E-state index in [4.69, 9.17) is 5.26 Å². The van der Waals surface area contributed by atoms with Crippen molar-refractivity contribution in [3.05, 3.63) is 30.1 Å². The summed E-state index contributed by atoms with van der Waals surface area (Å²) in [4.78, 5) is 14.8. The van der Waals surface area contributed by atoms with Crippen molar-refractivity contribution in [2.24, 2.45) is 0 Å². The maximum absolute atomic E-state index is 10.9. The number of Topliss-reactive ketones (excluding diaryl/α,β-unsaturated/α-hetero) is 1. The second-order valence-electron chi connectivity index (χ2n) is 2.46. The van der Waals surface area contributed by atoms with Gasteiger partial charge in [-0.05, 0) is 18.6 Å². The molecule has 1 aromatic heterocycles. The van der Waals surface area contributed by atoms with E-state index in [2.05, 4.69) is 4.98 Å². The fourth-order valence-corrected chi connectivity index (χ4v) is 0.947. The zero-order valence-corrected chi connectivity index (χ0v) is 6.69. The van der Waals surface area contributed by atoms with Crippen LogP contribution in [0.1, 0.15) is 18.4 Å². The number of aromatic nitrogens is 1. The lowest BCUT2D eigenvalue weighted by molar-refractivity contribution is -0.117. The van der Waals surface area contributed by atoms with E-state index in [1.54, 1.807) is 18.3 Å². The van der Waals surface area contributed by atoms with Gasteiger partial charge in [0.15, 0.2) is 5.78 Å². The van der Waals surface area contributed by atoms with Crippen LogP contribution in [0.5, 0.6) is 0 Å². The second kappa shape index (κ2) is 3.63. The molecule has 0 amide bonds. The van der Waals surface area contributed by atoms with Crippen LogP contribution < -0.4 is 0 Å². The van der Waals surface area contributed by atoms with Crippen molar-refractivity contribution < 1.29 is 4.79 Å². The summed E-state index contributed by atoms with van der Waals surface area (Å²) >= 11 is 0. The third-order valence-corrected chi connectivity index (χ3v) is 1.55. The normalized spacial score (nSPS) is 11.7. The van der Waals surface area contributed by atoms with Gasteiger partial charge in [0.25, 0.3) is 0 Å². The number of carbonyl (C=O) groups excluding carboxylic acids is 1. The highest BCUT2D eigenvalue weighted by Gasteiger charge is 2.14. The number of nitriles is 1. The molecule has 0 spiro atoms. The summed E-state index contributed by atoms with van der Waals surface area (Å²) in [6.45, 7) is 1.40. The summed E-state index contributed by atoms with van der Waals surface area (Å²) in [5.41, 5.74) is 0.660. The fraction of sp³-hybridized carbons (Fsp3) is 0.222. The number of ketones is 1. The minimum Gasteiger partial charge on any atom is -0.298 e. The maximum Gasteiger partial charge on any atom is 0.151 e. The molecule has 1 aromatic rings. The number of hydrogen-bond acceptors (Lipinski definition) is 3. The number of hydrogen-bond donors (Lipinski definition) is 0. The van der Waals surface area contributed by atoms with Crippen LogP contribution in [0.4, 0.5) is 0 Å². The Morgan fingerprint density at radius 3 is 2.92 bits per heavy atom. The smallest absolute Gasteiger partial charge is 0.151 e. The van der Waals surface area contributed by atoms with Gasteiger partial charge in [0.2, 0.25) is 0 Å². The molecule has 0 aliphatic rings. The molecular weight excluding hydrogens is 152 g/mol. The molecule has 1 unspecified atom stereocenters. The molecule has 0 bridgehead atoms. The Hall–Kier alpha value is -1.69. The van der Waals surface area contributed by atoms with Gasteiger partial charge in [-0.15, -0.1) is 0 Å². The Labute approximate surface area is 70.7 Å². The fourth-order valence-electron chi connectivity index (χ4n) is 0.947. The Morgan fingerprint density at radius 1 is 1.75 bits per heavy atom. The molecule has 3 heteroatoms. The van der Waals surface area contributed by atoms with Crippen molar-refractivity contribution in [3.8, 4) is 6.07 Å². The van der Waals surface area contributed by atoms with Gasteiger partial charge >= 0.3 is 0 Å². The summed E-state index contributed by atoms with van der Waals surface area (Å²) in [5, 5.41) is 8.65. The molecule has 0 aliphatic carbocycles. The molecule has 1 rings (SSSR count). The minimum absolute atomic E-state index is 0.148. The number of nitrogens with zero attached hydrogens (tertiary/aromatic N) is 2. The van der Waals surface area contributed by atoms with Gasteiger partial charge in [-0.2, -0.15) is 5.26 Å². The first-order valence-corrected chi connectivity index (χ1v) is 3.55. The van der Waals surface area contributed by atoms with Gasteiger partial charge < -0.3 is 0 Å². The van der Waals surface area contributed by atoms with Gasteiger partial charge in [-0.25, -0.2) is 0 Å². The summed E-state index contributed by atoms with van der Waals surface area (Å²) in [7, 11) is 0. The Morgan fingerprint density at radius 2 is 2.50 bits per heavy atom. The average Bonchev–Trinajstić information content (AvgIpc) is 2.07. The van der Waals surface area contributed by atoms with Crippen LogP contribution in [0.2, 0.25) is 0 Å². The van der Waals surface area contributed by atoms with E-state index in [0.29, 0.717) is 5.56 Å². The van der Waals surface area contributed by atoms with Gasteiger partial charge in [0.05, 0.1) is 6.07 Å². The molecule has 1 heterocycles. The highest BCUT2D eigenvalue weighted by Crippen LogP contribution is 2.13. The topological polar surface area (TPSA) is 53.8 Å². The van der Waals surface area contributed by atoms with Crippen molar-refractivity contribution in [2.75, 3.05) is 0 Å². The van der Waals surface area contributed by atoms with Crippen molar-refractivity contribution in [1.82, 2.24) is 4.98 Å². The lowest BCUT2D eigenvalue weighted by Gasteiger charge is -2.02. The molecule has 0 N–H and O–H groups in total. The molecule has 3 nitrogen and oxygen atoms in total. The number of pyridine rings is 1. The van der Waals surface area contributed by atoms with Gasteiger partial charge in [-0.1, -0.05) is 6.07 Å². The van der Waals surface area contributed by atoms with E-state index in [9.17, 15) is 4.79 Å². The molecule has 0 aliphatic heterocycles. The summed E-state index contributed by atoms with van der Waals surface area (Å²) in [6, 6.07) is 5.36. The van der Waals surface area contributed by atoms with E-state index in [1.165, 1.54) is 13.1 Å². The monoisotopic (exact) mass is 160 g/mol. The highest BCUT2D eigenvalue weighted by molar-refractivity contribution is 5.85. The van der Waals surface area contributed by atoms with Crippen LogP contribution in [0.3, 0.4) is 0 Å². The van der Waals surface area contributed by atoms with Gasteiger partial charge in [0, 0.05) is 12.4 Å². The predicted molar refractivity (Wildman–Crippen MR) is 43.3 cm³/mol. The van der Waals surface area contributed by atoms with Crippen LogP contribution >= 0.6 is 0 Å². The van der Waals surface area contributed by atoms with Crippen LogP contribution in [-0.4, -0.2) is 10.8 Å². The number of carbonyl (C=O) groups is 1. The standard InChI is InChI=1S/C9H8N2O/c1-7(12)9(5-10)8-3-2-4-11-6-8/h2-4,6,9H,1H3. The summed E-state index contributed by atoms with van der Waals surface area (Å²) < 4.78 is 0. The molecule has 0 radical (unpaired) electrons. The van der Waals surface area contributed by atoms with Crippen molar-refractivity contribution in [2.45, 2.75) is 12.8 Å². The lowest BCUT2D eigenvalue weighted by atomic mass is 9.99. The first-order valence-electron chi connectivity index (χ1n) is 3.55. The first-order chi connectivity index (χ1) is 5.75. The molecule has 12 heavy (non-hydrogen) atoms. The third kappa shape index (κ3) is 1.67. The lowest BCUT2D eigenvalue weighted by Crippen LogP contribution is -2.06. The van der Waals surface area contributed by atoms with E-state index in [-0.39, 0.29) is 5.78 Å². The van der Waals surface area contributed by atoms with Crippen LogP contribution in [0.15, 0.2) is 24.5 Å². The van der Waals surface area contributed by atoms with Gasteiger partial charge in [-0.3, -0.25) is 9.78 Å². The van der Waals surface area contributed by atoms with E-state index in [0.717, 1.165) is 0 Å². The molecule has 0 saturated carbocycles. The number of rotatable bonds is 2. The molecule has 0 fully saturated rings. The predicted octanol–water partition coefficient (Wildman–Crippen LogP) is 1.28. The van der Waals surface area contributed by atoms with Crippen molar-refractivity contribution in [3.63, 3.8) is 0 Å². The van der Waals surface area contributed by atoms with E-state index in [1.807, 2.05) is 6.07 Å². The molecule has 0 saturated heterocycles. The maximum atomic E-state index is 10.9. The second-order valence-corrected chi connectivity index (χ2v) is 2.46. The van der Waals surface area contributed by atoms with Crippen molar-refractivity contribution in [1.29, 1.82) is 5.26 Å². The largest absolute Gasteiger partial charge is 0.298 e. The average molecular weight is 160 g/mol. The van der Waals surface area contributed by atoms with Crippen LogP contribution in [-0.2, 0) is 4.79 Å². The Balaban J connectivity index is 2.98. The quantitative estimate of drug-likeness (QED) is 0.654. The summed E-state index contributed by atoms with van der Waals surface area (Å²) in [5.74, 6) is -0.816. The minimum atomic E-state index is -0.668. The SMILES string of the molecule is CC(=O)C(C#N)c1cccnc1. The Kier molecular flexibility index (Phi) is 2.54. The highest BCUT2D eigenvalue weighted by atomic mass is 16.1. The molecule has 1 atom stereocenters. The third-order valence-electron chi connectivity index (χ3n) is 1.55. The molecule has 0 aromatic carbocycles.